The molecule has 1 aliphatic rings. The number of hydrogen-bond donors (Lipinski definition) is 0. The lowest BCUT2D eigenvalue weighted by atomic mass is 9.82. The van der Waals surface area contributed by atoms with Crippen LogP contribution >= 0.6 is 0 Å². The van der Waals surface area contributed by atoms with Gasteiger partial charge in [0, 0.05) is 47.9 Å². The number of nitrogens with zero attached hydrogens (tertiary/aromatic N) is 3. The van der Waals surface area contributed by atoms with E-state index in [-0.39, 0.29) is 17.5 Å². The molecule has 1 saturated heterocycles. The van der Waals surface area contributed by atoms with Gasteiger partial charge in [0.05, 0.1) is 23.1 Å². The highest BCUT2D eigenvalue weighted by atomic mass is 16.6. The van der Waals surface area contributed by atoms with Crippen LogP contribution in [0.25, 0.3) is 17.2 Å². The minimum absolute atomic E-state index is 0.248. The molecular weight excluding hydrogens is 450 g/mol. The number of anilines is 1. The molecule has 0 spiro atoms. The predicted octanol–water partition coefficient (Wildman–Crippen LogP) is 6.92. The summed E-state index contributed by atoms with van der Waals surface area (Å²) in [5, 5.41) is 0. The molecule has 3 heterocycles. The molecule has 0 amide bonds. The lowest BCUT2D eigenvalue weighted by molar-refractivity contribution is -0.171. The first-order chi connectivity index (χ1) is 16.8. The van der Waals surface area contributed by atoms with Crippen molar-refractivity contribution in [3.8, 4) is 11.1 Å². The Kier molecular flexibility index (Phi) is 8.60. The number of ether oxygens (including phenoxy) is 2. The molecule has 196 valence electrons. The molecule has 6 nitrogen and oxygen atoms in total. The Morgan fingerprint density at radius 3 is 2.31 bits per heavy atom. The second-order valence-corrected chi connectivity index (χ2v) is 11.7. The standard InChI is InChI=1S/C30H43N3O3/c1-10-11-23-13-12-22(18-32-23)24-19-31-21(4)25(26(24)33-16-14-30(8,9)15-17-33)27(36-29(5,6)7)28(34)35-20(2)3/h10-13,18-20,27H,14-17H2,1-9H3/b11-10+/t27-/m0/s1. The smallest absolute Gasteiger partial charge is 0.340 e. The summed E-state index contributed by atoms with van der Waals surface area (Å²) in [5.74, 6) is -0.387. The third-order valence-corrected chi connectivity index (χ3v) is 6.45. The average molecular weight is 494 g/mol. The van der Waals surface area contributed by atoms with Crippen LogP contribution in [0.4, 0.5) is 5.69 Å². The van der Waals surface area contributed by atoms with E-state index in [0.717, 1.165) is 59.7 Å². The normalized spacial score (nSPS) is 17.0. The first kappa shape index (κ1) is 27.9. The van der Waals surface area contributed by atoms with Gasteiger partial charge < -0.3 is 14.4 Å². The molecule has 1 aliphatic heterocycles. The Hall–Kier alpha value is -2.73. The summed E-state index contributed by atoms with van der Waals surface area (Å²) in [6, 6.07) is 4.08. The summed E-state index contributed by atoms with van der Waals surface area (Å²) in [4.78, 5) is 25.3. The van der Waals surface area contributed by atoms with Crippen LogP contribution in [0.15, 0.2) is 30.6 Å². The minimum atomic E-state index is -0.889. The van der Waals surface area contributed by atoms with Crippen LogP contribution in [0.5, 0.6) is 0 Å². The van der Waals surface area contributed by atoms with Crippen molar-refractivity contribution in [3.05, 3.63) is 47.6 Å². The quantitative estimate of drug-likeness (QED) is 0.390. The Balaban J connectivity index is 2.23. The highest BCUT2D eigenvalue weighted by Crippen LogP contribution is 2.43. The van der Waals surface area contributed by atoms with Gasteiger partial charge >= 0.3 is 5.97 Å². The van der Waals surface area contributed by atoms with Crippen molar-refractivity contribution in [2.75, 3.05) is 18.0 Å². The summed E-state index contributed by atoms with van der Waals surface area (Å²) in [5.41, 5.74) is 5.09. The highest BCUT2D eigenvalue weighted by molar-refractivity contribution is 5.87. The van der Waals surface area contributed by atoms with Gasteiger partial charge in [-0.3, -0.25) is 9.97 Å². The molecule has 2 aromatic rings. The van der Waals surface area contributed by atoms with Crippen molar-refractivity contribution in [3.63, 3.8) is 0 Å². The minimum Gasteiger partial charge on any atom is -0.461 e. The number of carbonyl (C=O) groups is 1. The number of esters is 1. The summed E-state index contributed by atoms with van der Waals surface area (Å²) in [7, 11) is 0. The van der Waals surface area contributed by atoms with Gasteiger partial charge in [-0.15, -0.1) is 0 Å². The van der Waals surface area contributed by atoms with Crippen molar-refractivity contribution in [1.29, 1.82) is 0 Å². The molecule has 0 bridgehead atoms. The lowest BCUT2D eigenvalue weighted by Gasteiger charge is -2.41. The zero-order chi connectivity index (χ0) is 26.7. The van der Waals surface area contributed by atoms with E-state index in [9.17, 15) is 4.79 Å². The Morgan fingerprint density at radius 1 is 1.11 bits per heavy atom. The summed E-state index contributed by atoms with van der Waals surface area (Å²) < 4.78 is 12.1. The maximum atomic E-state index is 13.5. The molecule has 0 radical (unpaired) electrons. The monoisotopic (exact) mass is 493 g/mol. The predicted molar refractivity (Wildman–Crippen MR) is 147 cm³/mol. The zero-order valence-electron chi connectivity index (χ0n) is 23.5. The van der Waals surface area contributed by atoms with Gasteiger partial charge in [-0.2, -0.15) is 0 Å². The first-order valence-corrected chi connectivity index (χ1v) is 13.0. The van der Waals surface area contributed by atoms with Crippen LogP contribution in [-0.2, 0) is 14.3 Å². The van der Waals surface area contributed by atoms with Gasteiger partial charge in [0.25, 0.3) is 0 Å². The molecule has 0 unspecified atom stereocenters. The van der Waals surface area contributed by atoms with E-state index in [2.05, 4.69) is 29.8 Å². The topological polar surface area (TPSA) is 64.6 Å². The number of aryl methyl sites for hydroxylation is 1. The second kappa shape index (κ2) is 11.1. The lowest BCUT2D eigenvalue weighted by Crippen LogP contribution is -2.39. The van der Waals surface area contributed by atoms with E-state index >= 15 is 0 Å². The van der Waals surface area contributed by atoms with Gasteiger partial charge in [-0.25, -0.2) is 4.79 Å². The molecule has 36 heavy (non-hydrogen) atoms. The van der Waals surface area contributed by atoms with Crippen LogP contribution in [0.1, 0.15) is 91.3 Å². The second-order valence-electron chi connectivity index (χ2n) is 11.7. The van der Waals surface area contributed by atoms with Crippen molar-refractivity contribution < 1.29 is 14.3 Å². The van der Waals surface area contributed by atoms with Gasteiger partial charge in [0.15, 0.2) is 6.10 Å². The van der Waals surface area contributed by atoms with Crippen molar-refractivity contribution in [1.82, 2.24) is 9.97 Å². The van der Waals surface area contributed by atoms with E-state index in [1.54, 1.807) is 0 Å². The summed E-state index contributed by atoms with van der Waals surface area (Å²) in [6.07, 6.45) is 8.73. The molecule has 1 fully saturated rings. The van der Waals surface area contributed by atoms with Crippen LogP contribution in [0.3, 0.4) is 0 Å². The number of pyridine rings is 2. The van der Waals surface area contributed by atoms with Gasteiger partial charge in [0.2, 0.25) is 0 Å². The fourth-order valence-electron chi connectivity index (χ4n) is 4.52. The van der Waals surface area contributed by atoms with E-state index in [1.807, 2.05) is 79.1 Å². The molecule has 0 N–H and O–H groups in total. The van der Waals surface area contributed by atoms with E-state index in [0.29, 0.717) is 0 Å². The SMILES string of the molecule is C/C=C/c1ccc(-c2cnc(C)c([C@H](OC(C)(C)C)C(=O)OC(C)C)c2N2CCC(C)(C)CC2)cn1. The number of aromatic nitrogens is 2. The average Bonchev–Trinajstić information content (AvgIpc) is 2.77. The van der Waals surface area contributed by atoms with Crippen molar-refractivity contribution in [2.24, 2.45) is 5.41 Å². The fraction of sp³-hybridized carbons (Fsp3) is 0.567. The Labute approximate surface area is 217 Å². The molecule has 0 aromatic carbocycles. The molecule has 0 saturated carbocycles. The maximum absolute atomic E-state index is 13.5. The van der Waals surface area contributed by atoms with E-state index in [4.69, 9.17) is 14.5 Å². The largest absolute Gasteiger partial charge is 0.461 e. The molecule has 6 heteroatoms. The molecule has 0 aliphatic carbocycles. The number of carbonyl (C=O) groups excluding carboxylic acids is 1. The van der Waals surface area contributed by atoms with E-state index < -0.39 is 11.7 Å². The van der Waals surface area contributed by atoms with Crippen molar-refractivity contribution >= 4 is 17.7 Å². The Morgan fingerprint density at radius 2 is 1.78 bits per heavy atom. The van der Waals surface area contributed by atoms with Gasteiger partial charge in [-0.05, 0) is 78.9 Å². The third kappa shape index (κ3) is 6.94. The number of allylic oxidation sites excluding steroid dienone is 1. The molecule has 3 rings (SSSR count). The van der Waals surface area contributed by atoms with Gasteiger partial charge in [0.1, 0.15) is 0 Å². The molecular formula is C30H43N3O3. The third-order valence-electron chi connectivity index (χ3n) is 6.45. The van der Waals surface area contributed by atoms with E-state index in [1.165, 1.54) is 0 Å². The summed E-state index contributed by atoms with van der Waals surface area (Å²) in [6.45, 7) is 20.0. The van der Waals surface area contributed by atoms with Crippen LogP contribution in [-0.4, -0.2) is 40.7 Å². The molecule has 1 atom stereocenters. The molecule has 2 aromatic heterocycles. The zero-order valence-corrected chi connectivity index (χ0v) is 23.5. The first-order valence-electron chi connectivity index (χ1n) is 13.0. The Bertz CT molecular complexity index is 1070. The van der Waals surface area contributed by atoms with Crippen LogP contribution in [0.2, 0.25) is 0 Å². The number of hydrogen-bond acceptors (Lipinski definition) is 6. The number of piperidine rings is 1. The number of rotatable bonds is 7. The van der Waals surface area contributed by atoms with Gasteiger partial charge in [-0.1, -0.05) is 26.0 Å². The fourth-order valence-corrected chi connectivity index (χ4v) is 4.52. The van der Waals surface area contributed by atoms with Crippen LogP contribution in [0, 0.1) is 12.3 Å². The summed E-state index contributed by atoms with van der Waals surface area (Å²) >= 11 is 0. The van der Waals surface area contributed by atoms with Crippen molar-refractivity contribution in [2.45, 2.75) is 93.0 Å². The highest BCUT2D eigenvalue weighted by Gasteiger charge is 2.37. The van der Waals surface area contributed by atoms with Crippen LogP contribution < -0.4 is 4.90 Å². The maximum Gasteiger partial charge on any atom is 0.340 e.